The number of sulfonamides is 1. The topological polar surface area (TPSA) is 96.0 Å². The number of ether oxygens (including phenoxy) is 1. The largest absolute Gasteiger partial charge is 0.494 e. The fourth-order valence-electron chi connectivity index (χ4n) is 5.09. The van der Waals surface area contributed by atoms with Gasteiger partial charge in [-0.3, -0.25) is 13.9 Å². The quantitative estimate of drug-likeness (QED) is 0.143. The van der Waals surface area contributed by atoms with Crippen LogP contribution in [0.25, 0.3) is 0 Å². The first-order chi connectivity index (χ1) is 22.6. The highest BCUT2D eigenvalue weighted by Crippen LogP contribution is 2.27. The van der Waals surface area contributed by atoms with Gasteiger partial charge in [-0.1, -0.05) is 73.5 Å². The Kier molecular flexibility index (Phi) is 12.5. The van der Waals surface area contributed by atoms with Crippen LogP contribution in [0.4, 0.5) is 10.1 Å². The minimum atomic E-state index is -4.32. The van der Waals surface area contributed by atoms with E-state index in [4.69, 9.17) is 4.74 Å². The van der Waals surface area contributed by atoms with E-state index in [0.29, 0.717) is 18.9 Å². The van der Waals surface area contributed by atoms with E-state index in [1.165, 1.54) is 29.2 Å². The van der Waals surface area contributed by atoms with E-state index in [1.807, 2.05) is 75.4 Å². The number of halogens is 1. The van der Waals surface area contributed by atoms with E-state index >= 15 is 0 Å². The van der Waals surface area contributed by atoms with Crippen molar-refractivity contribution in [3.63, 3.8) is 0 Å². The molecule has 1 N–H and O–H groups in total. The first-order valence-corrected chi connectivity index (χ1v) is 17.2. The van der Waals surface area contributed by atoms with E-state index in [9.17, 15) is 22.4 Å². The third kappa shape index (κ3) is 9.65. The molecule has 10 heteroatoms. The summed E-state index contributed by atoms with van der Waals surface area (Å²) in [7, 11) is -4.32. The molecular formula is C37H42FN3O5S. The molecule has 0 aliphatic carbocycles. The Bertz CT molecular complexity index is 1700. The zero-order valence-electron chi connectivity index (χ0n) is 27.1. The summed E-state index contributed by atoms with van der Waals surface area (Å²) in [5, 5.41) is 2.98. The number of anilines is 1. The highest BCUT2D eigenvalue weighted by molar-refractivity contribution is 7.92. The predicted molar refractivity (Wildman–Crippen MR) is 182 cm³/mol. The van der Waals surface area contributed by atoms with Crippen molar-refractivity contribution in [2.75, 3.05) is 24.0 Å². The van der Waals surface area contributed by atoms with Gasteiger partial charge >= 0.3 is 0 Å². The van der Waals surface area contributed by atoms with Gasteiger partial charge in [-0.2, -0.15) is 0 Å². The van der Waals surface area contributed by atoms with Gasteiger partial charge in [-0.25, -0.2) is 12.8 Å². The lowest BCUT2D eigenvalue weighted by molar-refractivity contribution is -0.140. The smallest absolute Gasteiger partial charge is 0.264 e. The molecule has 0 saturated heterocycles. The van der Waals surface area contributed by atoms with Gasteiger partial charge in [0.05, 0.1) is 17.2 Å². The maximum atomic E-state index is 14.5. The average Bonchev–Trinajstić information content (AvgIpc) is 3.07. The zero-order valence-corrected chi connectivity index (χ0v) is 27.9. The minimum Gasteiger partial charge on any atom is -0.494 e. The Labute approximate surface area is 277 Å². The number of rotatable bonds is 16. The van der Waals surface area contributed by atoms with Gasteiger partial charge in [-0.05, 0) is 79.9 Å². The number of amides is 2. The number of hydrogen-bond acceptors (Lipinski definition) is 5. The van der Waals surface area contributed by atoms with Gasteiger partial charge < -0.3 is 15.0 Å². The number of benzene rings is 4. The van der Waals surface area contributed by atoms with E-state index in [2.05, 4.69) is 5.32 Å². The Morgan fingerprint density at radius 1 is 0.851 bits per heavy atom. The molecule has 0 radical (unpaired) electrons. The maximum absolute atomic E-state index is 14.5. The molecule has 2 amide bonds. The standard InChI is InChI=1S/C37H42FN3O5S/c1-4-6-24-39-37(43)35(25-29-10-8-7-9-11-29)40(26-30-14-12-28(3)13-15-30)36(42)27-41(32-18-16-31(38)17-19-32)47(44,45)34-22-20-33(21-23-34)46-5-2/h7-23,35H,4-6,24-27H2,1-3H3,(H,39,43)/t35-/m0/s1. The SMILES string of the molecule is CCCCNC(=O)[C@H](Cc1ccccc1)N(Cc1ccc(C)cc1)C(=O)CN(c1ccc(F)cc1)S(=O)(=O)c1ccc(OCC)cc1. The van der Waals surface area contributed by atoms with Crippen LogP contribution in [0.2, 0.25) is 0 Å². The average molecular weight is 660 g/mol. The van der Waals surface area contributed by atoms with Crippen LogP contribution in [0, 0.1) is 12.7 Å². The van der Waals surface area contributed by atoms with E-state index in [-0.39, 0.29) is 29.5 Å². The minimum absolute atomic E-state index is 0.0676. The molecule has 4 aromatic rings. The zero-order chi connectivity index (χ0) is 33.8. The molecule has 0 aliphatic rings. The molecule has 0 heterocycles. The van der Waals surface area contributed by atoms with Crippen LogP contribution in [-0.2, 0) is 32.6 Å². The summed E-state index contributed by atoms with van der Waals surface area (Å²) in [4.78, 5) is 29.7. The van der Waals surface area contributed by atoms with Crippen LogP contribution in [0.15, 0.2) is 108 Å². The second-order valence-corrected chi connectivity index (χ2v) is 13.1. The van der Waals surface area contributed by atoms with E-state index in [1.54, 1.807) is 12.1 Å². The second-order valence-electron chi connectivity index (χ2n) is 11.2. The summed E-state index contributed by atoms with van der Waals surface area (Å²) >= 11 is 0. The Balaban J connectivity index is 1.77. The van der Waals surface area contributed by atoms with Crippen LogP contribution in [-0.4, -0.2) is 50.9 Å². The molecule has 47 heavy (non-hydrogen) atoms. The van der Waals surface area contributed by atoms with Crippen molar-refractivity contribution in [3.05, 3.63) is 126 Å². The molecular weight excluding hydrogens is 617 g/mol. The summed E-state index contributed by atoms with van der Waals surface area (Å²) in [6.45, 7) is 6.10. The number of carbonyl (C=O) groups is 2. The Morgan fingerprint density at radius 3 is 2.13 bits per heavy atom. The number of nitrogens with one attached hydrogen (secondary N) is 1. The molecule has 0 saturated carbocycles. The molecule has 0 aromatic heterocycles. The first kappa shape index (κ1) is 35.2. The van der Waals surface area contributed by atoms with E-state index in [0.717, 1.165) is 46.0 Å². The fourth-order valence-corrected chi connectivity index (χ4v) is 6.50. The summed E-state index contributed by atoms with van der Waals surface area (Å²) in [5.74, 6) is -0.967. The van der Waals surface area contributed by atoms with Gasteiger partial charge in [0.25, 0.3) is 10.0 Å². The molecule has 248 valence electrons. The van der Waals surface area contributed by atoms with Crippen LogP contribution in [0.1, 0.15) is 43.4 Å². The van der Waals surface area contributed by atoms with Crippen molar-refractivity contribution in [2.24, 2.45) is 0 Å². The lowest BCUT2D eigenvalue weighted by Crippen LogP contribution is -2.53. The monoisotopic (exact) mass is 659 g/mol. The van der Waals surface area contributed by atoms with Crippen LogP contribution < -0.4 is 14.4 Å². The predicted octanol–water partition coefficient (Wildman–Crippen LogP) is 6.28. The maximum Gasteiger partial charge on any atom is 0.264 e. The number of unbranched alkanes of at least 4 members (excludes halogenated alkanes) is 1. The van der Waals surface area contributed by atoms with E-state index < -0.39 is 34.3 Å². The van der Waals surface area contributed by atoms with Crippen molar-refractivity contribution < 1.29 is 27.1 Å². The normalized spacial score (nSPS) is 11.8. The molecule has 0 spiro atoms. The molecule has 8 nitrogen and oxygen atoms in total. The number of aryl methyl sites for hydroxylation is 1. The van der Waals surface area contributed by atoms with Crippen LogP contribution >= 0.6 is 0 Å². The number of hydrogen-bond donors (Lipinski definition) is 1. The molecule has 0 unspecified atom stereocenters. The third-order valence-electron chi connectivity index (χ3n) is 7.69. The van der Waals surface area contributed by atoms with Gasteiger partial charge in [0.15, 0.2) is 0 Å². The lowest BCUT2D eigenvalue weighted by atomic mass is 10.0. The van der Waals surface area contributed by atoms with Gasteiger partial charge in [0, 0.05) is 19.5 Å². The molecule has 0 fully saturated rings. The second kappa shape index (κ2) is 16.7. The fraction of sp³-hybridized carbons (Fsp3) is 0.297. The summed E-state index contributed by atoms with van der Waals surface area (Å²) < 4.78 is 48.7. The third-order valence-corrected chi connectivity index (χ3v) is 9.48. The molecule has 1 atom stereocenters. The van der Waals surface area contributed by atoms with Crippen LogP contribution in [0.5, 0.6) is 5.75 Å². The Morgan fingerprint density at radius 2 is 1.51 bits per heavy atom. The van der Waals surface area contributed by atoms with Crippen molar-refractivity contribution in [3.8, 4) is 5.75 Å². The highest BCUT2D eigenvalue weighted by atomic mass is 32.2. The number of nitrogens with zero attached hydrogens (tertiary/aromatic N) is 2. The highest BCUT2D eigenvalue weighted by Gasteiger charge is 2.34. The Hall–Kier alpha value is -4.70. The van der Waals surface area contributed by atoms with Gasteiger partial charge in [-0.15, -0.1) is 0 Å². The molecule has 0 bridgehead atoms. The van der Waals surface area contributed by atoms with Crippen molar-refractivity contribution in [1.29, 1.82) is 0 Å². The van der Waals surface area contributed by atoms with Crippen LogP contribution in [0.3, 0.4) is 0 Å². The van der Waals surface area contributed by atoms with Crippen molar-refractivity contribution in [1.82, 2.24) is 10.2 Å². The number of carbonyl (C=O) groups excluding carboxylic acids is 2. The molecule has 0 aliphatic heterocycles. The summed E-state index contributed by atoms with van der Waals surface area (Å²) in [6.07, 6.45) is 1.87. The molecule has 4 rings (SSSR count). The van der Waals surface area contributed by atoms with Crippen molar-refractivity contribution in [2.45, 2.75) is 57.5 Å². The molecule has 4 aromatic carbocycles. The summed E-state index contributed by atoms with van der Waals surface area (Å²) in [5.41, 5.74) is 2.78. The lowest BCUT2D eigenvalue weighted by Gasteiger charge is -2.34. The summed E-state index contributed by atoms with van der Waals surface area (Å²) in [6, 6.07) is 26.9. The van der Waals surface area contributed by atoms with Crippen molar-refractivity contribution >= 4 is 27.5 Å². The first-order valence-electron chi connectivity index (χ1n) is 15.8. The van der Waals surface area contributed by atoms with Gasteiger partial charge in [0.2, 0.25) is 11.8 Å². The van der Waals surface area contributed by atoms with Gasteiger partial charge in [0.1, 0.15) is 24.2 Å².